The molecule has 5 aliphatic carbocycles. The third-order valence-corrected chi connectivity index (χ3v) is 5.02. The molecule has 0 nitrogen and oxygen atoms in total. The Morgan fingerprint density at radius 3 is 1.37 bits per heavy atom. The second kappa shape index (κ2) is 4.52. The molecule has 0 radical (unpaired) electrons. The molecule has 2 atom stereocenters. The van der Waals surface area contributed by atoms with Gasteiger partial charge in [0.15, 0.2) is 0 Å². The van der Waals surface area contributed by atoms with Crippen LogP contribution in [0.3, 0.4) is 0 Å². The van der Waals surface area contributed by atoms with Crippen molar-refractivity contribution in [2.24, 2.45) is 0 Å². The molecule has 0 aliphatic heterocycles. The van der Waals surface area contributed by atoms with Crippen LogP contribution in [0.25, 0.3) is 0 Å². The van der Waals surface area contributed by atoms with E-state index in [9.17, 15) is 0 Å². The number of benzene rings is 2. The number of hydrogen-bond acceptors (Lipinski definition) is 0. The molecule has 0 N–H and O–H groups in total. The van der Waals surface area contributed by atoms with Crippen LogP contribution in [0, 0.1) is 0 Å². The van der Waals surface area contributed by atoms with Gasteiger partial charge < -0.3 is 0 Å². The van der Waals surface area contributed by atoms with E-state index in [1.807, 2.05) is 0 Å². The first kappa shape index (κ1) is 11.3. The summed E-state index contributed by atoms with van der Waals surface area (Å²) in [4.78, 5) is 0. The van der Waals surface area contributed by atoms with Crippen molar-refractivity contribution in [2.45, 2.75) is 43.9 Å². The highest BCUT2D eigenvalue weighted by Crippen LogP contribution is 2.49. The van der Waals surface area contributed by atoms with Gasteiger partial charge in [0.1, 0.15) is 0 Å². The highest BCUT2D eigenvalue weighted by Gasteiger charge is 2.33. The first-order chi connectivity index (χ1) is 9.40. The average molecular weight is 248 g/mol. The minimum absolute atomic E-state index is 0.751. The molecule has 1 fully saturated rings. The molecule has 0 spiro atoms. The monoisotopic (exact) mass is 248 g/mol. The molecule has 7 rings (SSSR count). The summed E-state index contributed by atoms with van der Waals surface area (Å²) in [6.45, 7) is 0. The maximum Gasteiger partial charge on any atom is -0.00929 e. The smallest absolute Gasteiger partial charge is 0.00929 e. The Morgan fingerprint density at radius 1 is 0.579 bits per heavy atom. The Hall–Kier alpha value is -1.56. The van der Waals surface area contributed by atoms with Gasteiger partial charge in [0.05, 0.1) is 0 Å². The fraction of sp³-hybridized carbons (Fsp3) is 0.368. The van der Waals surface area contributed by atoms with Crippen LogP contribution in [0.5, 0.6) is 0 Å². The van der Waals surface area contributed by atoms with Crippen LogP contribution >= 0.6 is 0 Å². The normalized spacial score (nSPS) is 24.8. The maximum atomic E-state index is 2.37. The number of rotatable bonds is 0. The van der Waals surface area contributed by atoms with Crippen LogP contribution < -0.4 is 0 Å². The Labute approximate surface area is 115 Å². The van der Waals surface area contributed by atoms with E-state index in [0.717, 1.165) is 11.8 Å². The average Bonchev–Trinajstić information content (AvgIpc) is 2.43. The Balaban J connectivity index is 1.76. The van der Waals surface area contributed by atoms with E-state index in [-0.39, 0.29) is 0 Å². The minimum atomic E-state index is 0.751. The maximum absolute atomic E-state index is 2.37. The highest BCUT2D eigenvalue weighted by molar-refractivity contribution is 5.35. The molecule has 2 unspecified atom stereocenters. The molecule has 0 aromatic heterocycles. The zero-order valence-electron chi connectivity index (χ0n) is 11.3. The first-order valence-electron chi connectivity index (χ1n) is 7.58. The van der Waals surface area contributed by atoms with Gasteiger partial charge in [0.25, 0.3) is 0 Å². The van der Waals surface area contributed by atoms with E-state index in [0.29, 0.717) is 0 Å². The van der Waals surface area contributed by atoms with Crippen LogP contribution in [0.2, 0.25) is 0 Å². The number of hydrogen-bond donors (Lipinski definition) is 0. The molecule has 1 saturated carbocycles. The predicted octanol–water partition coefficient (Wildman–Crippen LogP) is 4.84. The molecular weight excluding hydrogens is 228 g/mol. The van der Waals surface area contributed by atoms with E-state index in [1.54, 1.807) is 11.1 Å². The van der Waals surface area contributed by atoms with Crippen molar-refractivity contribution >= 4 is 0 Å². The van der Waals surface area contributed by atoms with Crippen LogP contribution in [0.1, 0.15) is 53.4 Å². The van der Waals surface area contributed by atoms with Gasteiger partial charge in [0, 0.05) is 0 Å². The van der Waals surface area contributed by atoms with Crippen molar-refractivity contribution < 1.29 is 0 Å². The van der Waals surface area contributed by atoms with Crippen molar-refractivity contribution in [1.82, 2.24) is 0 Å². The van der Waals surface area contributed by atoms with Crippen LogP contribution in [0.4, 0.5) is 0 Å². The topological polar surface area (TPSA) is 0 Å². The molecule has 2 aromatic carbocycles. The van der Waals surface area contributed by atoms with E-state index in [4.69, 9.17) is 0 Å². The van der Waals surface area contributed by atoms with Gasteiger partial charge in [-0.3, -0.25) is 0 Å². The van der Waals surface area contributed by atoms with Crippen molar-refractivity contribution in [3.05, 3.63) is 70.8 Å². The zero-order valence-corrected chi connectivity index (χ0v) is 11.3. The van der Waals surface area contributed by atoms with Crippen molar-refractivity contribution in [3.63, 3.8) is 0 Å². The van der Waals surface area contributed by atoms with Crippen molar-refractivity contribution in [2.75, 3.05) is 0 Å². The lowest BCUT2D eigenvalue weighted by molar-refractivity contribution is 0.346. The summed E-state index contributed by atoms with van der Waals surface area (Å²) >= 11 is 0. The fourth-order valence-electron chi connectivity index (χ4n) is 3.66. The quantitative estimate of drug-likeness (QED) is 0.626. The molecule has 0 heterocycles. The number of aryl methyl sites for hydroxylation is 2. The Kier molecular flexibility index (Phi) is 2.69. The van der Waals surface area contributed by atoms with Gasteiger partial charge in [-0.2, -0.15) is 0 Å². The summed E-state index contributed by atoms with van der Waals surface area (Å²) in [5.74, 6) is 1.50. The summed E-state index contributed by atoms with van der Waals surface area (Å²) in [6.07, 6.45) is 6.37. The second-order valence-corrected chi connectivity index (χ2v) is 6.13. The zero-order chi connectivity index (χ0) is 12.7. The molecule has 0 saturated heterocycles. The van der Waals surface area contributed by atoms with Gasteiger partial charge in [-0.25, -0.2) is 0 Å². The van der Waals surface area contributed by atoms with Gasteiger partial charge in [-0.15, -0.1) is 0 Å². The molecule has 5 aliphatic rings. The molecule has 0 amide bonds. The molecular formula is C19H20. The molecule has 4 bridgehead atoms. The molecule has 0 heteroatoms. The van der Waals surface area contributed by atoms with Gasteiger partial charge >= 0.3 is 0 Å². The summed E-state index contributed by atoms with van der Waals surface area (Å²) in [5.41, 5.74) is 6.08. The standard InChI is InChI=1S/C19H20/c1-2-14-4-8-16(9-5-14)18-12-13-19(18)17-10-6-15(3-1)7-11-17/h4-11,18-19H,1-3,12-13H2. The lowest BCUT2D eigenvalue weighted by Crippen LogP contribution is -2.21. The van der Waals surface area contributed by atoms with E-state index >= 15 is 0 Å². The largest absolute Gasteiger partial charge is 0.0588 e. The van der Waals surface area contributed by atoms with Gasteiger partial charge in [-0.05, 0) is 66.2 Å². The van der Waals surface area contributed by atoms with Crippen molar-refractivity contribution in [3.8, 4) is 0 Å². The van der Waals surface area contributed by atoms with Crippen LogP contribution in [0.15, 0.2) is 48.5 Å². The Morgan fingerprint density at radius 2 is 1.00 bits per heavy atom. The molecule has 19 heavy (non-hydrogen) atoms. The van der Waals surface area contributed by atoms with E-state index in [2.05, 4.69) is 48.5 Å². The lowest BCUT2D eigenvalue weighted by atomic mass is 9.67. The van der Waals surface area contributed by atoms with E-state index < -0.39 is 0 Å². The third-order valence-electron chi connectivity index (χ3n) is 5.02. The van der Waals surface area contributed by atoms with Crippen molar-refractivity contribution in [1.29, 1.82) is 0 Å². The molecule has 2 aromatic rings. The van der Waals surface area contributed by atoms with Crippen LogP contribution in [-0.4, -0.2) is 0 Å². The SMILES string of the molecule is c1cc2ccc1CCCc1ccc(cc1)C1CCC21. The summed E-state index contributed by atoms with van der Waals surface area (Å²) in [7, 11) is 0. The summed E-state index contributed by atoms with van der Waals surface area (Å²) in [5, 5.41) is 0. The highest BCUT2D eigenvalue weighted by atomic mass is 14.4. The minimum Gasteiger partial charge on any atom is -0.0588 e. The predicted molar refractivity (Wildman–Crippen MR) is 79.6 cm³/mol. The second-order valence-electron chi connectivity index (χ2n) is 6.13. The lowest BCUT2D eigenvalue weighted by Gasteiger charge is -2.37. The van der Waals surface area contributed by atoms with E-state index in [1.165, 1.54) is 43.2 Å². The first-order valence-corrected chi connectivity index (χ1v) is 7.58. The molecule has 96 valence electrons. The van der Waals surface area contributed by atoms with Gasteiger partial charge in [0.2, 0.25) is 0 Å². The van der Waals surface area contributed by atoms with Crippen LogP contribution in [-0.2, 0) is 12.8 Å². The van der Waals surface area contributed by atoms with Gasteiger partial charge in [-0.1, -0.05) is 48.5 Å². The fourth-order valence-corrected chi connectivity index (χ4v) is 3.66. The Bertz CT molecular complexity index is 508. The third kappa shape index (κ3) is 2.00. The summed E-state index contributed by atoms with van der Waals surface area (Å²) < 4.78 is 0. The summed E-state index contributed by atoms with van der Waals surface area (Å²) in [6, 6.07) is 18.9.